The molecular formula is C24H40N2O4. The second-order valence-electron chi connectivity index (χ2n) is 9.36. The minimum atomic E-state index is -0.615. The van der Waals surface area contributed by atoms with E-state index in [1.54, 1.807) is 0 Å². The zero-order chi connectivity index (χ0) is 21.4. The lowest BCUT2D eigenvalue weighted by Gasteiger charge is -2.26. The van der Waals surface area contributed by atoms with Crippen molar-refractivity contribution in [1.29, 1.82) is 0 Å². The van der Waals surface area contributed by atoms with Gasteiger partial charge in [-0.25, -0.2) is 0 Å². The van der Waals surface area contributed by atoms with Gasteiger partial charge in [0, 0.05) is 19.3 Å². The Labute approximate surface area is 182 Å². The smallest absolute Gasteiger partial charge is 0.190 e. The van der Waals surface area contributed by atoms with E-state index in [2.05, 4.69) is 24.1 Å². The molecule has 1 N–H and O–H groups in total. The minimum absolute atomic E-state index is 0.0201. The van der Waals surface area contributed by atoms with E-state index in [9.17, 15) is 0 Å². The Balaban J connectivity index is 1.41. The highest BCUT2D eigenvalue weighted by Gasteiger charge is 2.55. The van der Waals surface area contributed by atoms with Crippen molar-refractivity contribution in [3.05, 3.63) is 30.1 Å². The van der Waals surface area contributed by atoms with E-state index in [1.807, 2.05) is 38.2 Å². The van der Waals surface area contributed by atoms with Crippen LogP contribution in [-0.4, -0.2) is 48.5 Å². The molecule has 2 fully saturated rings. The lowest BCUT2D eigenvalue weighted by Crippen LogP contribution is -2.38. The SMILES string of the molecule is CC(C)CCCCCCO[C@@H]1[C@H]2OC(C)(C)O[C@H]2O[C@@H]1CCNCc1ccccn1. The Morgan fingerprint density at radius 2 is 1.97 bits per heavy atom. The van der Waals surface area contributed by atoms with Gasteiger partial charge in [-0.3, -0.25) is 4.98 Å². The molecule has 30 heavy (non-hydrogen) atoms. The summed E-state index contributed by atoms with van der Waals surface area (Å²) in [6.07, 6.45) is 8.29. The average molecular weight is 421 g/mol. The molecule has 2 aliphatic heterocycles. The maximum atomic E-state index is 6.30. The van der Waals surface area contributed by atoms with Crippen molar-refractivity contribution in [3.63, 3.8) is 0 Å². The van der Waals surface area contributed by atoms with Crippen LogP contribution in [0.4, 0.5) is 0 Å². The fraction of sp³-hybridized carbons (Fsp3) is 0.792. The summed E-state index contributed by atoms with van der Waals surface area (Å²) >= 11 is 0. The van der Waals surface area contributed by atoms with Gasteiger partial charge in [0.1, 0.15) is 12.2 Å². The van der Waals surface area contributed by atoms with Gasteiger partial charge in [-0.1, -0.05) is 45.6 Å². The van der Waals surface area contributed by atoms with E-state index >= 15 is 0 Å². The highest BCUT2D eigenvalue weighted by atomic mass is 16.8. The molecule has 0 amide bonds. The third kappa shape index (κ3) is 7.27. The highest BCUT2D eigenvalue weighted by molar-refractivity contribution is 5.03. The summed E-state index contributed by atoms with van der Waals surface area (Å²) in [5.74, 6) is 0.180. The topological polar surface area (TPSA) is 61.8 Å². The molecule has 170 valence electrons. The predicted molar refractivity (Wildman–Crippen MR) is 117 cm³/mol. The first kappa shape index (κ1) is 23.6. The fourth-order valence-corrected chi connectivity index (χ4v) is 4.17. The molecule has 0 aliphatic carbocycles. The monoisotopic (exact) mass is 420 g/mol. The van der Waals surface area contributed by atoms with Gasteiger partial charge in [0.15, 0.2) is 12.1 Å². The normalized spacial score (nSPS) is 27.6. The quantitative estimate of drug-likeness (QED) is 0.476. The van der Waals surface area contributed by atoms with Gasteiger partial charge in [-0.2, -0.15) is 0 Å². The summed E-state index contributed by atoms with van der Waals surface area (Å²) in [5.41, 5.74) is 1.04. The molecule has 2 aliphatic rings. The highest BCUT2D eigenvalue weighted by Crippen LogP contribution is 2.39. The van der Waals surface area contributed by atoms with Crippen LogP contribution in [0, 0.1) is 5.92 Å². The molecule has 3 rings (SSSR count). The molecule has 1 aromatic heterocycles. The number of aromatic nitrogens is 1. The Morgan fingerprint density at radius 1 is 1.13 bits per heavy atom. The standard InChI is InChI=1S/C24H40N2O4/c1-18(2)11-7-5-6-10-16-27-21-20(28-23-22(21)29-24(3,4)30-23)13-15-25-17-19-12-8-9-14-26-19/h8-9,12,14,18,20-23,25H,5-7,10-11,13,15-17H2,1-4H3/t20-,21+,22-,23-/m1/s1. The number of hydrogen-bond acceptors (Lipinski definition) is 6. The van der Waals surface area contributed by atoms with E-state index in [0.29, 0.717) is 0 Å². The van der Waals surface area contributed by atoms with E-state index in [1.165, 1.54) is 25.7 Å². The van der Waals surface area contributed by atoms with Crippen LogP contribution in [0.1, 0.15) is 71.9 Å². The summed E-state index contributed by atoms with van der Waals surface area (Å²) in [6, 6.07) is 5.97. The first-order valence-electron chi connectivity index (χ1n) is 11.7. The molecule has 0 radical (unpaired) electrons. The van der Waals surface area contributed by atoms with Gasteiger partial charge in [-0.05, 0) is 51.3 Å². The number of unbranched alkanes of at least 4 members (excludes halogenated alkanes) is 3. The Kier molecular flexibility index (Phi) is 9.08. The third-order valence-electron chi connectivity index (χ3n) is 5.71. The van der Waals surface area contributed by atoms with Gasteiger partial charge in [0.25, 0.3) is 0 Å². The number of pyridine rings is 1. The molecule has 1 aromatic rings. The van der Waals surface area contributed by atoms with Crippen molar-refractivity contribution in [2.24, 2.45) is 5.92 Å². The summed E-state index contributed by atoms with van der Waals surface area (Å²) in [5, 5.41) is 3.45. The Morgan fingerprint density at radius 3 is 2.73 bits per heavy atom. The zero-order valence-corrected chi connectivity index (χ0v) is 19.1. The molecule has 0 aromatic carbocycles. The average Bonchev–Trinajstić information content (AvgIpc) is 3.16. The molecule has 6 heteroatoms. The van der Waals surface area contributed by atoms with Crippen molar-refractivity contribution in [2.75, 3.05) is 13.2 Å². The van der Waals surface area contributed by atoms with Crippen LogP contribution in [0.5, 0.6) is 0 Å². The van der Waals surface area contributed by atoms with Gasteiger partial charge in [-0.15, -0.1) is 0 Å². The van der Waals surface area contributed by atoms with Crippen LogP contribution < -0.4 is 5.32 Å². The predicted octanol–water partition coefficient (Wildman–Crippen LogP) is 4.43. The summed E-state index contributed by atoms with van der Waals surface area (Å²) in [4.78, 5) is 4.35. The largest absolute Gasteiger partial charge is 0.373 e. The molecule has 0 saturated carbocycles. The van der Waals surface area contributed by atoms with Crippen LogP contribution in [0.2, 0.25) is 0 Å². The number of hydrogen-bond donors (Lipinski definition) is 1. The molecule has 6 nitrogen and oxygen atoms in total. The zero-order valence-electron chi connectivity index (χ0n) is 19.1. The van der Waals surface area contributed by atoms with Crippen LogP contribution in [-0.2, 0) is 25.5 Å². The van der Waals surface area contributed by atoms with Crippen molar-refractivity contribution in [1.82, 2.24) is 10.3 Å². The fourth-order valence-electron chi connectivity index (χ4n) is 4.17. The van der Waals surface area contributed by atoms with Crippen molar-refractivity contribution >= 4 is 0 Å². The lowest BCUT2D eigenvalue weighted by molar-refractivity contribution is -0.218. The number of nitrogens with zero attached hydrogens (tertiary/aromatic N) is 1. The van der Waals surface area contributed by atoms with Crippen LogP contribution in [0.15, 0.2) is 24.4 Å². The summed E-state index contributed by atoms with van der Waals surface area (Å²) in [6.45, 7) is 10.8. The van der Waals surface area contributed by atoms with Crippen molar-refractivity contribution < 1.29 is 18.9 Å². The number of fused-ring (bicyclic) bond motifs is 1. The second kappa shape index (κ2) is 11.5. The summed E-state index contributed by atoms with van der Waals surface area (Å²) < 4.78 is 24.5. The first-order valence-corrected chi connectivity index (χ1v) is 11.7. The minimum Gasteiger partial charge on any atom is -0.373 e. The Hall–Kier alpha value is -1.05. The van der Waals surface area contributed by atoms with Gasteiger partial charge < -0.3 is 24.3 Å². The van der Waals surface area contributed by atoms with Gasteiger partial charge in [0.2, 0.25) is 0 Å². The molecular weight excluding hydrogens is 380 g/mol. The van der Waals surface area contributed by atoms with E-state index in [-0.39, 0.29) is 24.6 Å². The van der Waals surface area contributed by atoms with Crippen molar-refractivity contribution in [2.45, 2.75) is 103 Å². The van der Waals surface area contributed by atoms with Crippen LogP contribution in [0.25, 0.3) is 0 Å². The van der Waals surface area contributed by atoms with E-state index < -0.39 is 5.79 Å². The molecule has 0 bridgehead atoms. The second-order valence-corrected chi connectivity index (χ2v) is 9.36. The van der Waals surface area contributed by atoms with E-state index in [0.717, 1.165) is 44.1 Å². The number of rotatable bonds is 13. The lowest BCUT2D eigenvalue weighted by atomic mass is 10.0. The number of nitrogens with one attached hydrogen (secondary N) is 1. The van der Waals surface area contributed by atoms with Crippen molar-refractivity contribution in [3.8, 4) is 0 Å². The number of ether oxygens (including phenoxy) is 4. The van der Waals surface area contributed by atoms with Gasteiger partial charge in [0.05, 0.1) is 11.8 Å². The third-order valence-corrected chi connectivity index (χ3v) is 5.71. The van der Waals surface area contributed by atoms with Crippen LogP contribution in [0.3, 0.4) is 0 Å². The maximum absolute atomic E-state index is 6.30. The molecule has 2 saturated heterocycles. The summed E-state index contributed by atoms with van der Waals surface area (Å²) in [7, 11) is 0. The van der Waals surface area contributed by atoms with Crippen LogP contribution >= 0.6 is 0 Å². The first-order chi connectivity index (χ1) is 14.4. The molecule has 0 unspecified atom stereocenters. The molecule has 0 spiro atoms. The Bertz CT molecular complexity index is 610. The maximum Gasteiger partial charge on any atom is 0.190 e. The van der Waals surface area contributed by atoms with Gasteiger partial charge >= 0.3 is 0 Å². The van der Waals surface area contributed by atoms with E-state index in [4.69, 9.17) is 18.9 Å². The molecule has 4 atom stereocenters. The molecule has 3 heterocycles.